The van der Waals surface area contributed by atoms with Crippen LogP contribution in [0.5, 0.6) is 5.75 Å². The lowest BCUT2D eigenvalue weighted by molar-refractivity contribution is -0.438. The van der Waals surface area contributed by atoms with Crippen LogP contribution in [0, 0.1) is 0 Å². The molecule has 0 amide bonds. The zero-order chi connectivity index (χ0) is 16.5. The molecule has 1 heterocycles. The van der Waals surface area contributed by atoms with Crippen LogP contribution in [0.3, 0.4) is 0 Å². The Kier molecular flexibility index (Phi) is 4.39. The number of carbonyl (C=O) groups excluding carboxylic acids is 1. The van der Waals surface area contributed by atoms with Gasteiger partial charge in [-0.2, -0.15) is 4.58 Å². The van der Waals surface area contributed by atoms with Crippen LogP contribution in [-0.4, -0.2) is 42.0 Å². The fourth-order valence-electron chi connectivity index (χ4n) is 2.78. The summed E-state index contributed by atoms with van der Waals surface area (Å²) in [6.07, 6.45) is 0.269. The monoisotopic (exact) mass is 325 g/mol. The number of benzene rings is 1. The molecule has 1 aliphatic rings. The van der Waals surface area contributed by atoms with E-state index in [1.165, 1.54) is 0 Å². The second kappa shape index (κ2) is 5.81. The molecule has 6 nitrogen and oxygen atoms in total. The van der Waals surface area contributed by atoms with Crippen molar-refractivity contribution >= 4 is 28.0 Å². The molecule has 0 unspecified atom stereocenters. The Balaban J connectivity index is 2.32. The molecule has 1 aliphatic heterocycles. The smallest absolute Gasteiger partial charge is 0.298 e. The highest BCUT2D eigenvalue weighted by Crippen LogP contribution is 2.41. The van der Waals surface area contributed by atoms with E-state index >= 15 is 0 Å². The second-order valence-corrected chi connectivity index (χ2v) is 7.39. The van der Waals surface area contributed by atoms with Gasteiger partial charge in [-0.25, -0.2) is 8.42 Å². The summed E-state index contributed by atoms with van der Waals surface area (Å²) in [5.41, 5.74) is 2.76. The molecule has 0 atom stereocenters. The quantitative estimate of drug-likeness (QED) is 0.450. The third-order valence-electron chi connectivity index (χ3n) is 4.20. The van der Waals surface area contributed by atoms with Gasteiger partial charge in [0.05, 0.1) is 15.5 Å². The predicted molar refractivity (Wildman–Crippen MR) is 80.8 cm³/mol. The first-order valence-electron chi connectivity index (χ1n) is 6.97. The molecule has 0 aliphatic carbocycles. The number of fused-ring (bicyclic) bond motifs is 1. The maximum absolute atomic E-state index is 10.7. The molecule has 0 N–H and O–H groups in total. The molecule has 0 saturated heterocycles. The van der Waals surface area contributed by atoms with Crippen LogP contribution < -0.4 is 4.74 Å². The Morgan fingerprint density at radius 2 is 2.05 bits per heavy atom. The zero-order valence-corrected chi connectivity index (χ0v) is 13.6. The van der Waals surface area contributed by atoms with Gasteiger partial charge in [0.25, 0.3) is 6.47 Å². The summed E-state index contributed by atoms with van der Waals surface area (Å²) in [5, 5.41) is 0. The number of rotatable bonds is 6. The number of hydrogen-bond acceptors (Lipinski definition) is 5. The van der Waals surface area contributed by atoms with Crippen molar-refractivity contribution in [3.63, 3.8) is 0 Å². The first-order chi connectivity index (χ1) is 10.2. The number of hydrogen-bond donors (Lipinski definition) is 0. The lowest BCUT2D eigenvalue weighted by atomic mass is 9.82. The fraction of sp³-hybridized carbons (Fsp3) is 0.467. The van der Waals surface area contributed by atoms with Crippen molar-refractivity contribution in [1.82, 2.24) is 0 Å². The lowest BCUT2D eigenvalue weighted by Crippen LogP contribution is -2.27. The Morgan fingerprint density at radius 3 is 2.64 bits per heavy atom. The van der Waals surface area contributed by atoms with E-state index in [9.17, 15) is 17.8 Å². The van der Waals surface area contributed by atoms with Gasteiger partial charge in [-0.3, -0.25) is 4.79 Å². The van der Waals surface area contributed by atoms with E-state index in [1.54, 1.807) is 6.07 Å². The van der Waals surface area contributed by atoms with E-state index in [4.69, 9.17) is 4.74 Å². The van der Waals surface area contributed by atoms with E-state index in [1.807, 2.05) is 23.6 Å². The van der Waals surface area contributed by atoms with Crippen LogP contribution in [0.25, 0.3) is 0 Å². The summed E-state index contributed by atoms with van der Waals surface area (Å²) >= 11 is 0. The van der Waals surface area contributed by atoms with Crippen LogP contribution in [0.4, 0.5) is 5.69 Å². The maximum atomic E-state index is 10.7. The molecule has 22 heavy (non-hydrogen) atoms. The third-order valence-corrected chi connectivity index (χ3v) is 4.99. The summed E-state index contributed by atoms with van der Waals surface area (Å²) in [6.45, 7) is 6.92. The van der Waals surface area contributed by atoms with E-state index in [-0.39, 0.29) is 17.6 Å². The molecule has 1 aromatic carbocycles. The van der Waals surface area contributed by atoms with Gasteiger partial charge < -0.3 is 9.29 Å². The van der Waals surface area contributed by atoms with E-state index < -0.39 is 10.1 Å². The highest BCUT2D eigenvalue weighted by molar-refractivity contribution is 7.85. The van der Waals surface area contributed by atoms with Crippen molar-refractivity contribution in [2.45, 2.75) is 32.6 Å². The third kappa shape index (κ3) is 3.20. The van der Waals surface area contributed by atoms with Gasteiger partial charge in [-0.15, -0.1) is 0 Å². The molecule has 2 rings (SSSR count). The minimum atomic E-state index is -4.20. The van der Waals surface area contributed by atoms with Gasteiger partial charge >= 0.3 is 0 Å². The molecule has 1 aromatic rings. The molecule has 0 saturated carbocycles. The Bertz CT molecular complexity index is 734. The standard InChI is InChI=1S/C15H19NO5S/c1-11-15(2,3)13-9-12(21-10-17)5-6-14(13)16(11)7-4-8-22(18,19)20/h5-6,9-10H,4,7-8H2,1-3H3. The summed E-state index contributed by atoms with van der Waals surface area (Å²) < 4.78 is 39.1. The van der Waals surface area contributed by atoms with Crippen molar-refractivity contribution < 1.29 is 27.1 Å². The SMILES string of the molecule is CC1=[N+](CCCS(=O)(=O)[O-])c2ccc(OC=O)cc2C1(C)C. The zero-order valence-electron chi connectivity index (χ0n) is 12.8. The number of ether oxygens (including phenoxy) is 1. The van der Waals surface area contributed by atoms with Crippen LogP contribution in [0.2, 0.25) is 0 Å². The summed E-state index contributed by atoms with van der Waals surface area (Å²) in [4.78, 5) is 10.5. The Labute approximate surface area is 130 Å². The Hall–Kier alpha value is -1.73. The van der Waals surface area contributed by atoms with Gasteiger partial charge in [0, 0.05) is 30.7 Å². The highest BCUT2D eigenvalue weighted by Gasteiger charge is 2.43. The second-order valence-electron chi connectivity index (χ2n) is 5.87. The predicted octanol–water partition coefficient (Wildman–Crippen LogP) is 1.55. The summed E-state index contributed by atoms with van der Waals surface area (Å²) in [6, 6.07) is 5.36. The summed E-state index contributed by atoms with van der Waals surface area (Å²) in [5.74, 6) is 0.0948. The minimum absolute atomic E-state index is 0.256. The van der Waals surface area contributed by atoms with E-state index in [2.05, 4.69) is 13.8 Å². The van der Waals surface area contributed by atoms with Gasteiger partial charge in [-0.1, -0.05) is 0 Å². The largest absolute Gasteiger partial charge is 0.748 e. The molecule has 7 heteroatoms. The van der Waals surface area contributed by atoms with Crippen molar-refractivity contribution in [3.8, 4) is 5.75 Å². The molecule has 0 spiro atoms. The Morgan fingerprint density at radius 1 is 1.36 bits per heavy atom. The average Bonchev–Trinajstić information content (AvgIpc) is 2.59. The van der Waals surface area contributed by atoms with Crippen LogP contribution in [-0.2, 0) is 20.3 Å². The van der Waals surface area contributed by atoms with Gasteiger partial charge in [0.2, 0.25) is 5.69 Å². The van der Waals surface area contributed by atoms with Crippen molar-refractivity contribution in [2.24, 2.45) is 0 Å². The van der Waals surface area contributed by atoms with Crippen LogP contribution >= 0.6 is 0 Å². The van der Waals surface area contributed by atoms with Gasteiger partial charge in [0.1, 0.15) is 12.3 Å². The molecular weight excluding hydrogens is 306 g/mol. The van der Waals surface area contributed by atoms with Crippen molar-refractivity contribution in [3.05, 3.63) is 23.8 Å². The first kappa shape index (κ1) is 16.6. The molecule has 0 aromatic heterocycles. The lowest BCUT2D eigenvalue weighted by Gasteiger charge is -2.15. The molecule has 0 fully saturated rings. The van der Waals surface area contributed by atoms with E-state index in [0.717, 1.165) is 17.0 Å². The van der Waals surface area contributed by atoms with Crippen LogP contribution in [0.15, 0.2) is 18.2 Å². The fourth-order valence-corrected chi connectivity index (χ4v) is 3.26. The van der Waals surface area contributed by atoms with Crippen LogP contribution in [0.1, 0.15) is 32.8 Å². The van der Waals surface area contributed by atoms with Gasteiger partial charge in [0.15, 0.2) is 5.71 Å². The molecular formula is C15H19NO5S. The number of nitrogens with zero attached hydrogens (tertiary/aromatic N) is 1. The normalized spacial score (nSPS) is 16.5. The number of carbonyl (C=O) groups is 1. The van der Waals surface area contributed by atoms with Gasteiger partial charge in [-0.05, 0) is 26.0 Å². The minimum Gasteiger partial charge on any atom is -0.748 e. The van der Waals surface area contributed by atoms with Crippen molar-refractivity contribution in [1.29, 1.82) is 0 Å². The molecule has 0 bridgehead atoms. The van der Waals surface area contributed by atoms with Crippen molar-refractivity contribution in [2.75, 3.05) is 12.3 Å². The molecule has 0 radical (unpaired) electrons. The highest BCUT2D eigenvalue weighted by atomic mass is 32.2. The summed E-state index contributed by atoms with van der Waals surface area (Å²) in [7, 11) is -4.20. The maximum Gasteiger partial charge on any atom is 0.298 e. The van der Waals surface area contributed by atoms with E-state index in [0.29, 0.717) is 18.8 Å². The average molecular weight is 325 g/mol. The topological polar surface area (TPSA) is 86.5 Å². The first-order valence-corrected chi connectivity index (χ1v) is 8.54. The molecule has 120 valence electrons.